The molecule has 0 bridgehead atoms. The Balaban J connectivity index is 1.95. The molecule has 2 aromatic rings. The molecule has 2 aromatic carbocycles. The predicted octanol–water partition coefficient (Wildman–Crippen LogP) is 5.01. The van der Waals surface area contributed by atoms with Gasteiger partial charge in [0.1, 0.15) is 0 Å². The first-order chi connectivity index (χ1) is 10.7. The van der Waals surface area contributed by atoms with Gasteiger partial charge in [0.05, 0.1) is 4.92 Å². The van der Waals surface area contributed by atoms with Crippen LogP contribution in [0.15, 0.2) is 48.5 Å². The van der Waals surface area contributed by atoms with Crippen LogP contribution in [0, 0.1) is 10.1 Å². The van der Waals surface area contributed by atoms with Crippen LogP contribution in [0.4, 0.5) is 11.4 Å². The quantitative estimate of drug-likeness (QED) is 0.637. The Morgan fingerprint density at radius 2 is 1.73 bits per heavy atom. The van der Waals surface area contributed by atoms with E-state index in [1.165, 1.54) is 32.1 Å². The number of nitrogens with one attached hydrogen (secondary N) is 1. The maximum atomic E-state index is 11.1. The van der Waals surface area contributed by atoms with E-state index in [9.17, 15) is 10.1 Å². The number of rotatable bonds is 4. The first-order valence-electron chi connectivity index (χ1n) is 7.84. The molecule has 4 heteroatoms. The highest BCUT2D eigenvalue weighted by molar-refractivity contribution is 5.80. The number of hydrogen-bond acceptors (Lipinski definition) is 3. The van der Waals surface area contributed by atoms with E-state index in [4.69, 9.17) is 0 Å². The van der Waals surface area contributed by atoms with Gasteiger partial charge < -0.3 is 5.32 Å². The molecule has 0 unspecified atom stereocenters. The molecule has 0 spiro atoms. The largest absolute Gasteiger partial charge is 0.382 e. The van der Waals surface area contributed by atoms with E-state index in [2.05, 4.69) is 5.32 Å². The number of nitro benzene ring substituents is 1. The number of nitro groups is 1. The van der Waals surface area contributed by atoms with Gasteiger partial charge in [0.15, 0.2) is 0 Å². The van der Waals surface area contributed by atoms with Crippen LogP contribution < -0.4 is 5.32 Å². The van der Waals surface area contributed by atoms with Gasteiger partial charge in [-0.05, 0) is 24.5 Å². The van der Waals surface area contributed by atoms with Crippen LogP contribution in [0.25, 0.3) is 11.1 Å². The highest BCUT2D eigenvalue weighted by Crippen LogP contribution is 2.33. The van der Waals surface area contributed by atoms with Crippen LogP contribution in [0.5, 0.6) is 0 Å². The van der Waals surface area contributed by atoms with Crippen molar-refractivity contribution in [2.75, 3.05) is 5.32 Å². The topological polar surface area (TPSA) is 55.2 Å². The zero-order valence-corrected chi connectivity index (χ0v) is 12.5. The molecule has 0 heterocycles. The summed E-state index contributed by atoms with van der Waals surface area (Å²) in [5, 5.41) is 14.7. The van der Waals surface area contributed by atoms with Gasteiger partial charge in [-0.1, -0.05) is 49.6 Å². The minimum absolute atomic E-state index is 0.132. The van der Waals surface area contributed by atoms with Crippen molar-refractivity contribution in [1.29, 1.82) is 0 Å². The molecule has 0 radical (unpaired) electrons. The first kappa shape index (κ1) is 14.6. The van der Waals surface area contributed by atoms with Gasteiger partial charge in [-0.25, -0.2) is 0 Å². The SMILES string of the molecule is O=[N+]([O-])c1ccc(NC2CCCCC2)c(-c2ccccc2)c1. The fourth-order valence-corrected chi connectivity index (χ4v) is 3.10. The Bertz CT molecular complexity index is 649. The molecule has 114 valence electrons. The van der Waals surface area contributed by atoms with Crippen LogP contribution in [-0.4, -0.2) is 11.0 Å². The predicted molar refractivity (Wildman–Crippen MR) is 89.0 cm³/mol. The standard InChI is InChI=1S/C18H20N2O2/c21-20(22)16-11-12-18(19-15-9-5-2-6-10-15)17(13-16)14-7-3-1-4-8-14/h1,3-4,7-8,11-13,15,19H,2,5-6,9-10H2. The summed E-state index contributed by atoms with van der Waals surface area (Å²) in [6.45, 7) is 0. The van der Waals surface area contributed by atoms with Gasteiger partial charge >= 0.3 is 0 Å². The van der Waals surface area contributed by atoms with Gasteiger partial charge in [-0.3, -0.25) is 10.1 Å². The zero-order valence-electron chi connectivity index (χ0n) is 12.5. The summed E-state index contributed by atoms with van der Waals surface area (Å²) in [7, 11) is 0. The minimum Gasteiger partial charge on any atom is -0.382 e. The molecule has 1 aliphatic rings. The monoisotopic (exact) mass is 296 g/mol. The fourth-order valence-electron chi connectivity index (χ4n) is 3.10. The number of benzene rings is 2. The van der Waals surface area contributed by atoms with Crippen molar-refractivity contribution in [3.05, 3.63) is 58.6 Å². The molecule has 1 N–H and O–H groups in total. The van der Waals surface area contributed by atoms with Gasteiger partial charge in [0.25, 0.3) is 5.69 Å². The van der Waals surface area contributed by atoms with Crippen molar-refractivity contribution in [2.45, 2.75) is 38.1 Å². The molecule has 1 fully saturated rings. The van der Waals surface area contributed by atoms with Crippen molar-refractivity contribution in [3.63, 3.8) is 0 Å². The second-order valence-electron chi connectivity index (χ2n) is 5.83. The van der Waals surface area contributed by atoms with E-state index in [0.717, 1.165) is 16.8 Å². The number of hydrogen-bond donors (Lipinski definition) is 1. The molecule has 0 aromatic heterocycles. The van der Waals surface area contributed by atoms with Crippen LogP contribution in [0.1, 0.15) is 32.1 Å². The number of anilines is 1. The molecule has 3 rings (SSSR count). The summed E-state index contributed by atoms with van der Waals surface area (Å²) in [5.74, 6) is 0. The smallest absolute Gasteiger partial charge is 0.270 e. The number of non-ortho nitro benzene ring substituents is 1. The third kappa shape index (κ3) is 3.27. The van der Waals surface area contributed by atoms with E-state index in [0.29, 0.717) is 6.04 Å². The second-order valence-corrected chi connectivity index (χ2v) is 5.83. The fraction of sp³-hybridized carbons (Fsp3) is 0.333. The van der Waals surface area contributed by atoms with Gasteiger partial charge in [-0.15, -0.1) is 0 Å². The van der Waals surface area contributed by atoms with Crippen molar-refractivity contribution in [2.24, 2.45) is 0 Å². The molecule has 0 aliphatic heterocycles. The Morgan fingerprint density at radius 3 is 2.41 bits per heavy atom. The van der Waals surface area contributed by atoms with Crippen molar-refractivity contribution < 1.29 is 4.92 Å². The summed E-state index contributed by atoms with van der Waals surface area (Å²) in [5.41, 5.74) is 3.03. The Morgan fingerprint density at radius 1 is 1.00 bits per heavy atom. The van der Waals surface area contributed by atoms with Gasteiger partial charge in [0, 0.05) is 29.4 Å². The summed E-state index contributed by atoms with van der Waals surface area (Å²) >= 11 is 0. The highest BCUT2D eigenvalue weighted by atomic mass is 16.6. The van der Waals surface area contributed by atoms with E-state index in [-0.39, 0.29) is 10.6 Å². The molecular formula is C18H20N2O2. The molecule has 22 heavy (non-hydrogen) atoms. The Kier molecular flexibility index (Phi) is 4.37. The first-order valence-corrected chi connectivity index (χ1v) is 7.84. The zero-order chi connectivity index (χ0) is 15.4. The van der Waals surface area contributed by atoms with Crippen molar-refractivity contribution in [1.82, 2.24) is 0 Å². The maximum Gasteiger partial charge on any atom is 0.270 e. The lowest BCUT2D eigenvalue weighted by molar-refractivity contribution is -0.384. The lowest BCUT2D eigenvalue weighted by atomic mass is 9.94. The normalized spacial score (nSPS) is 15.5. The lowest BCUT2D eigenvalue weighted by Gasteiger charge is -2.25. The van der Waals surface area contributed by atoms with Crippen molar-refractivity contribution in [3.8, 4) is 11.1 Å². The Hall–Kier alpha value is -2.36. The second kappa shape index (κ2) is 6.60. The van der Waals surface area contributed by atoms with Gasteiger partial charge in [-0.2, -0.15) is 0 Å². The third-order valence-electron chi connectivity index (χ3n) is 4.26. The van der Waals surface area contributed by atoms with Gasteiger partial charge in [0.2, 0.25) is 0 Å². The molecule has 0 saturated heterocycles. The Labute approximate surface area is 130 Å². The van der Waals surface area contributed by atoms with Crippen LogP contribution >= 0.6 is 0 Å². The van der Waals surface area contributed by atoms with E-state index in [1.807, 2.05) is 36.4 Å². The summed E-state index contributed by atoms with van der Waals surface area (Å²) < 4.78 is 0. The third-order valence-corrected chi connectivity index (χ3v) is 4.26. The average Bonchev–Trinajstić information content (AvgIpc) is 2.57. The molecule has 0 atom stereocenters. The maximum absolute atomic E-state index is 11.1. The van der Waals surface area contributed by atoms with E-state index < -0.39 is 0 Å². The van der Waals surface area contributed by atoms with Crippen LogP contribution in [0.2, 0.25) is 0 Å². The minimum atomic E-state index is -0.336. The lowest BCUT2D eigenvalue weighted by Crippen LogP contribution is -2.22. The molecule has 0 amide bonds. The van der Waals surface area contributed by atoms with E-state index >= 15 is 0 Å². The summed E-state index contributed by atoms with van der Waals surface area (Å²) in [6.07, 6.45) is 6.16. The molecule has 1 aliphatic carbocycles. The molecule has 4 nitrogen and oxygen atoms in total. The molecular weight excluding hydrogens is 276 g/mol. The summed E-state index contributed by atoms with van der Waals surface area (Å²) in [4.78, 5) is 10.7. The van der Waals surface area contributed by atoms with Crippen LogP contribution in [0.3, 0.4) is 0 Å². The van der Waals surface area contributed by atoms with Crippen molar-refractivity contribution >= 4 is 11.4 Å². The highest BCUT2D eigenvalue weighted by Gasteiger charge is 2.17. The number of nitrogens with zero attached hydrogens (tertiary/aromatic N) is 1. The van der Waals surface area contributed by atoms with Crippen LogP contribution in [-0.2, 0) is 0 Å². The molecule has 1 saturated carbocycles. The average molecular weight is 296 g/mol. The summed E-state index contributed by atoms with van der Waals surface area (Å²) in [6, 6.07) is 15.4. The van der Waals surface area contributed by atoms with E-state index in [1.54, 1.807) is 12.1 Å².